The van der Waals surface area contributed by atoms with Gasteiger partial charge in [-0.2, -0.15) is 14.9 Å². The predicted molar refractivity (Wildman–Crippen MR) is 99.5 cm³/mol. The van der Waals surface area contributed by atoms with Gasteiger partial charge in [-0.3, -0.25) is 10.1 Å². The highest BCUT2D eigenvalue weighted by Gasteiger charge is 2.14. The minimum Gasteiger partial charge on any atom is -0.258 e. The van der Waals surface area contributed by atoms with E-state index in [1.54, 1.807) is 16.8 Å². The summed E-state index contributed by atoms with van der Waals surface area (Å²) in [6, 6.07) is 6.92. The van der Waals surface area contributed by atoms with Crippen LogP contribution in [0.25, 0.3) is 5.95 Å². The highest BCUT2D eigenvalue weighted by molar-refractivity contribution is 7.71. The molecule has 1 N–H and O–H groups in total. The zero-order valence-electron chi connectivity index (χ0n) is 14.5. The number of aryl methyl sites for hydroxylation is 3. The van der Waals surface area contributed by atoms with Gasteiger partial charge < -0.3 is 0 Å². The van der Waals surface area contributed by atoms with Crippen LogP contribution < -0.4 is 0 Å². The first kappa shape index (κ1) is 17.7. The van der Waals surface area contributed by atoms with Crippen LogP contribution in [-0.4, -0.2) is 35.8 Å². The number of aromatic nitrogens is 5. The van der Waals surface area contributed by atoms with Crippen LogP contribution in [0.3, 0.4) is 0 Å². The van der Waals surface area contributed by atoms with E-state index in [1.807, 2.05) is 26.8 Å². The zero-order valence-corrected chi connectivity index (χ0v) is 15.3. The summed E-state index contributed by atoms with van der Waals surface area (Å²) in [4.78, 5) is 10.8. The molecule has 3 rings (SSSR count). The first-order chi connectivity index (χ1) is 12.4. The van der Waals surface area contributed by atoms with Gasteiger partial charge in [-0.15, -0.1) is 5.10 Å². The van der Waals surface area contributed by atoms with E-state index in [-0.39, 0.29) is 10.6 Å². The number of benzene rings is 1. The lowest BCUT2D eigenvalue weighted by Gasteiger charge is -2.03. The van der Waals surface area contributed by atoms with E-state index in [1.165, 1.54) is 17.0 Å². The van der Waals surface area contributed by atoms with E-state index in [2.05, 4.69) is 20.4 Å². The Kier molecular flexibility index (Phi) is 4.76. The molecule has 0 saturated heterocycles. The maximum atomic E-state index is 11.2. The number of hydrogen-bond acceptors (Lipinski definition) is 6. The van der Waals surface area contributed by atoms with Crippen LogP contribution in [0.1, 0.15) is 29.4 Å². The maximum Gasteiger partial charge on any atom is 0.273 e. The molecule has 0 aliphatic heterocycles. The molecule has 1 aromatic carbocycles. The molecule has 2 aromatic heterocycles. The Morgan fingerprint density at radius 2 is 2.15 bits per heavy atom. The quantitative estimate of drug-likeness (QED) is 0.321. The smallest absolute Gasteiger partial charge is 0.258 e. The number of nitrogens with zero attached hydrogens (tertiary/aromatic N) is 6. The molecule has 10 heteroatoms. The van der Waals surface area contributed by atoms with Gasteiger partial charge in [-0.25, -0.2) is 9.78 Å². The topological polar surface area (TPSA) is 107 Å². The number of nitro benzene ring substituents is 1. The zero-order chi connectivity index (χ0) is 18.8. The molecule has 2 heterocycles. The lowest BCUT2D eigenvalue weighted by molar-refractivity contribution is -0.385. The molecule has 9 nitrogen and oxygen atoms in total. The van der Waals surface area contributed by atoms with Crippen molar-refractivity contribution >= 4 is 24.1 Å². The van der Waals surface area contributed by atoms with Crippen molar-refractivity contribution in [1.29, 1.82) is 0 Å². The average molecular weight is 371 g/mol. The Labute approximate surface area is 154 Å². The van der Waals surface area contributed by atoms with Crippen LogP contribution in [-0.2, 0) is 6.42 Å². The second-order valence-corrected chi connectivity index (χ2v) is 6.11. The Hall–Kier alpha value is -3.14. The Morgan fingerprint density at radius 1 is 1.38 bits per heavy atom. The van der Waals surface area contributed by atoms with Crippen molar-refractivity contribution in [2.24, 2.45) is 5.10 Å². The van der Waals surface area contributed by atoms with Gasteiger partial charge in [-0.05, 0) is 38.6 Å². The SMILES string of the molecule is CCc1ccc(/C=N\n2c(-n3nc(C)cc3C)n[nH]c2=S)cc1[N+](=O)[O-]. The molecule has 0 atom stereocenters. The minimum atomic E-state index is -0.388. The lowest BCUT2D eigenvalue weighted by Crippen LogP contribution is -2.07. The first-order valence-electron chi connectivity index (χ1n) is 7.93. The van der Waals surface area contributed by atoms with Crippen molar-refractivity contribution < 1.29 is 4.92 Å². The largest absolute Gasteiger partial charge is 0.273 e. The summed E-state index contributed by atoms with van der Waals surface area (Å²) in [5.74, 6) is 0.413. The molecule has 0 radical (unpaired) electrons. The van der Waals surface area contributed by atoms with E-state index in [9.17, 15) is 10.1 Å². The number of nitrogens with one attached hydrogen (secondary N) is 1. The summed E-state index contributed by atoms with van der Waals surface area (Å²) in [6.45, 7) is 5.66. The molecular weight excluding hydrogens is 354 g/mol. The first-order valence-corrected chi connectivity index (χ1v) is 8.34. The van der Waals surface area contributed by atoms with Gasteiger partial charge in [0, 0.05) is 22.9 Å². The number of hydrogen-bond donors (Lipinski definition) is 1. The Bertz CT molecular complexity index is 1060. The molecule has 3 aromatic rings. The number of nitro groups is 1. The van der Waals surface area contributed by atoms with Crippen LogP contribution in [0, 0.1) is 28.7 Å². The van der Waals surface area contributed by atoms with Crippen molar-refractivity contribution in [2.75, 3.05) is 0 Å². The molecule has 26 heavy (non-hydrogen) atoms. The molecule has 0 aliphatic carbocycles. The van der Waals surface area contributed by atoms with Gasteiger partial charge in [0.1, 0.15) is 0 Å². The fraction of sp³-hybridized carbons (Fsp3) is 0.250. The molecule has 0 aliphatic rings. The van der Waals surface area contributed by atoms with Crippen LogP contribution in [0.15, 0.2) is 29.4 Å². The molecule has 0 unspecified atom stereocenters. The Morgan fingerprint density at radius 3 is 2.77 bits per heavy atom. The van der Waals surface area contributed by atoms with Crippen molar-refractivity contribution in [1.82, 2.24) is 24.7 Å². The molecule has 0 spiro atoms. The van der Waals surface area contributed by atoms with E-state index in [0.29, 0.717) is 28.3 Å². The second kappa shape index (κ2) is 7.00. The fourth-order valence-electron chi connectivity index (χ4n) is 2.61. The third kappa shape index (κ3) is 3.31. The number of H-pyrrole nitrogens is 1. The highest BCUT2D eigenvalue weighted by Crippen LogP contribution is 2.20. The minimum absolute atomic E-state index is 0.0750. The van der Waals surface area contributed by atoms with Gasteiger partial charge in [0.15, 0.2) is 0 Å². The summed E-state index contributed by atoms with van der Waals surface area (Å²) in [5, 5.41) is 26.8. The van der Waals surface area contributed by atoms with Gasteiger partial charge in [0.05, 0.1) is 16.8 Å². The van der Waals surface area contributed by atoms with Crippen molar-refractivity contribution in [3.05, 3.63) is 61.7 Å². The Balaban J connectivity index is 2.01. The monoisotopic (exact) mass is 371 g/mol. The van der Waals surface area contributed by atoms with E-state index < -0.39 is 0 Å². The standard InChI is InChI=1S/C16H17N7O2S/c1-4-13-6-5-12(8-14(13)23(24)25)9-17-22-15(18-19-16(22)26)21-11(3)7-10(2)20-21/h5-9H,4H2,1-3H3,(H,19,26)/b17-9-. The molecule has 0 bridgehead atoms. The fourth-order valence-corrected chi connectivity index (χ4v) is 2.78. The van der Waals surface area contributed by atoms with Crippen LogP contribution >= 0.6 is 12.2 Å². The number of rotatable bonds is 5. The van der Waals surface area contributed by atoms with Gasteiger partial charge in [0.25, 0.3) is 11.6 Å². The van der Waals surface area contributed by atoms with Gasteiger partial charge >= 0.3 is 0 Å². The van der Waals surface area contributed by atoms with Crippen LogP contribution in [0.5, 0.6) is 0 Å². The summed E-state index contributed by atoms with van der Waals surface area (Å²) >= 11 is 5.23. The van der Waals surface area contributed by atoms with E-state index >= 15 is 0 Å². The summed E-state index contributed by atoms with van der Waals surface area (Å²) in [6.07, 6.45) is 2.09. The maximum absolute atomic E-state index is 11.2. The van der Waals surface area contributed by atoms with Crippen molar-refractivity contribution in [3.63, 3.8) is 0 Å². The summed E-state index contributed by atoms with van der Waals surface area (Å²) in [7, 11) is 0. The summed E-state index contributed by atoms with van der Waals surface area (Å²) < 4.78 is 3.35. The molecular formula is C16H17N7O2S. The average Bonchev–Trinajstić information content (AvgIpc) is 3.13. The van der Waals surface area contributed by atoms with E-state index in [0.717, 1.165) is 11.4 Å². The predicted octanol–water partition coefficient (Wildman–Crippen LogP) is 3.10. The van der Waals surface area contributed by atoms with Gasteiger partial charge in [0.2, 0.25) is 4.77 Å². The lowest BCUT2D eigenvalue weighted by atomic mass is 10.1. The highest BCUT2D eigenvalue weighted by atomic mass is 32.1. The molecule has 0 amide bonds. The molecule has 0 fully saturated rings. The van der Waals surface area contributed by atoms with Crippen molar-refractivity contribution in [3.8, 4) is 5.95 Å². The van der Waals surface area contributed by atoms with Gasteiger partial charge in [-0.1, -0.05) is 19.1 Å². The van der Waals surface area contributed by atoms with Crippen molar-refractivity contribution in [2.45, 2.75) is 27.2 Å². The van der Waals surface area contributed by atoms with Crippen LogP contribution in [0.4, 0.5) is 5.69 Å². The normalized spacial score (nSPS) is 11.3. The van der Waals surface area contributed by atoms with E-state index in [4.69, 9.17) is 12.2 Å². The molecule has 134 valence electrons. The van der Waals surface area contributed by atoms with Crippen LogP contribution in [0.2, 0.25) is 0 Å². The third-order valence-corrected chi connectivity index (χ3v) is 4.11. The third-order valence-electron chi connectivity index (χ3n) is 3.84. The second-order valence-electron chi connectivity index (χ2n) is 5.72. The summed E-state index contributed by atoms with van der Waals surface area (Å²) in [5.41, 5.74) is 3.08. The molecule has 0 saturated carbocycles. The number of aromatic amines is 1.